The van der Waals surface area contributed by atoms with Crippen molar-refractivity contribution in [3.05, 3.63) is 83.8 Å². The number of amides is 1. The zero-order valence-electron chi connectivity index (χ0n) is 13.9. The second-order valence-corrected chi connectivity index (χ2v) is 6.06. The van der Waals surface area contributed by atoms with Gasteiger partial charge in [0, 0.05) is 12.2 Å². The highest BCUT2D eigenvalue weighted by atomic mass is 16.5. The fourth-order valence-electron chi connectivity index (χ4n) is 3.12. The molecule has 25 heavy (non-hydrogen) atoms. The molecule has 1 amide bonds. The minimum absolute atomic E-state index is 0.0990. The van der Waals surface area contributed by atoms with Crippen LogP contribution in [0.5, 0.6) is 5.75 Å². The molecular weight excluding hydrogens is 314 g/mol. The van der Waals surface area contributed by atoms with E-state index >= 15 is 0 Å². The topological polar surface area (TPSA) is 42.7 Å². The second kappa shape index (κ2) is 6.85. The Balaban J connectivity index is 1.48. The van der Waals surface area contributed by atoms with E-state index in [1.54, 1.807) is 17.0 Å². The summed E-state index contributed by atoms with van der Waals surface area (Å²) >= 11 is 0. The van der Waals surface area contributed by atoms with E-state index in [1.807, 2.05) is 48.5 Å². The van der Waals surface area contributed by atoms with Crippen LogP contribution in [0.3, 0.4) is 0 Å². The van der Waals surface area contributed by atoms with Crippen LogP contribution in [0.4, 0.5) is 5.69 Å². The second-order valence-electron chi connectivity index (χ2n) is 6.06. The molecule has 0 spiro atoms. The number of nitrogens with zero attached hydrogens (tertiary/aromatic N) is 1. The first-order chi connectivity index (χ1) is 12.3. The first-order valence-electron chi connectivity index (χ1n) is 8.47. The predicted octanol–water partition coefficient (Wildman–Crippen LogP) is 4.45. The predicted molar refractivity (Wildman–Crippen MR) is 95.9 cm³/mol. The summed E-state index contributed by atoms with van der Waals surface area (Å²) in [4.78, 5) is 14.6. The number of para-hydroxylation sites is 2. The van der Waals surface area contributed by atoms with Crippen molar-refractivity contribution < 1.29 is 13.9 Å². The summed E-state index contributed by atoms with van der Waals surface area (Å²) in [5.41, 5.74) is 2.19. The van der Waals surface area contributed by atoms with Gasteiger partial charge in [-0.25, -0.2) is 0 Å². The Labute approximate surface area is 146 Å². The average molecular weight is 333 g/mol. The number of ether oxygens (including phenoxy) is 1. The van der Waals surface area contributed by atoms with E-state index in [9.17, 15) is 4.79 Å². The van der Waals surface area contributed by atoms with Crippen molar-refractivity contribution in [2.45, 2.75) is 19.4 Å². The first-order valence-corrected chi connectivity index (χ1v) is 8.47. The fourth-order valence-corrected chi connectivity index (χ4v) is 3.12. The lowest BCUT2D eigenvalue weighted by molar-refractivity contribution is 0.0954. The normalized spacial score (nSPS) is 13.4. The first kappa shape index (κ1) is 15.5. The number of fused-ring (bicyclic) bond motifs is 1. The molecule has 1 aliphatic rings. The molecule has 2 heterocycles. The number of hydrogen-bond donors (Lipinski definition) is 0. The third kappa shape index (κ3) is 3.29. The van der Waals surface area contributed by atoms with Crippen molar-refractivity contribution in [3.63, 3.8) is 0 Å². The highest BCUT2D eigenvalue weighted by Gasteiger charge is 2.25. The maximum Gasteiger partial charge on any atom is 0.293 e. The van der Waals surface area contributed by atoms with Crippen molar-refractivity contribution in [2.24, 2.45) is 0 Å². The summed E-state index contributed by atoms with van der Waals surface area (Å²) in [6.07, 6.45) is 1.97. The molecule has 0 bridgehead atoms. The Morgan fingerprint density at radius 2 is 1.80 bits per heavy atom. The lowest BCUT2D eigenvalue weighted by Crippen LogP contribution is -2.35. The molecule has 126 valence electrons. The molecular formula is C21H19NO3. The van der Waals surface area contributed by atoms with E-state index in [0.29, 0.717) is 24.7 Å². The van der Waals surface area contributed by atoms with Gasteiger partial charge in [0.2, 0.25) is 0 Å². The van der Waals surface area contributed by atoms with Crippen LogP contribution >= 0.6 is 0 Å². The van der Waals surface area contributed by atoms with E-state index < -0.39 is 0 Å². The third-order valence-electron chi connectivity index (χ3n) is 4.35. The summed E-state index contributed by atoms with van der Waals surface area (Å²) in [5.74, 6) is 1.66. The van der Waals surface area contributed by atoms with Gasteiger partial charge >= 0.3 is 0 Å². The van der Waals surface area contributed by atoms with Crippen LogP contribution in [-0.4, -0.2) is 12.5 Å². The summed E-state index contributed by atoms with van der Waals surface area (Å²) in [6, 6.07) is 21.1. The van der Waals surface area contributed by atoms with Crippen LogP contribution < -0.4 is 9.64 Å². The van der Waals surface area contributed by atoms with Gasteiger partial charge in [-0.05, 0) is 48.7 Å². The molecule has 0 N–H and O–H groups in total. The minimum atomic E-state index is -0.0990. The zero-order valence-corrected chi connectivity index (χ0v) is 13.9. The van der Waals surface area contributed by atoms with Gasteiger partial charge in [0.05, 0.1) is 0 Å². The van der Waals surface area contributed by atoms with Gasteiger partial charge in [-0.15, -0.1) is 0 Å². The lowest BCUT2D eigenvalue weighted by Gasteiger charge is -2.28. The fraction of sp³-hybridized carbons (Fsp3) is 0.190. The molecule has 0 aliphatic carbocycles. The van der Waals surface area contributed by atoms with Crippen LogP contribution in [0.2, 0.25) is 0 Å². The van der Waals surface area contributed by atoms with Gasteiger partial charge in [-0.3, -0.25) is 4.79 Å². The smallest absolute Gasteiger partial charge is 0.293 e. The number of carbonyl (C=O) groups is 1. The van der Waals surface area contributed by atoms with Gasteiger partial charge in [0.15, 0.2) is 5.76 Å². The third-order valence-corrected chi connectivity index (χ3v) is 4.35. The van der Waals surface area contributed by atoms with E-state index in [-0.39, 0.29) is 5.91 Å². The molecule has 4 nitrogen and oxygen atoms in total. The Morgan fingerprint density at radius 1 is 1.00 bits per heavy atom. The largest absolute Gasteiger partial charge is 0.486 e. The van der Waals surface area contributed by atoms with Crippen molar-refractivity contribution in [1.82, 2.24) is 0 Å². The molecule has 0 fully saturated rings. The monoisotopic (exact) mass is 333 g/mol. The van der Waals surface area contributed by atoms with Crippen molar-refractivity contribution in [2.75, 3.05) is 11.4 Å². The van der Waals surface area contributed by atoms with Crippen LogP contribution in [0, 0.1) is 0 Å². The number of rotatable bonds is 4. The molecule has 0 saturated carbocycles. The standard InChI is InChI=1S/C21H19NO3/c23-21(22-14-6-8-16-7-4-5-11-19(16)22)20-13-12-18(25-20)15-24-17-9-2-1-3-10-17/h1-5,7,9-13H,6,8,14-15H2. The Morgan fingerprint density at radius 3 is 2.68 bits per heavy atom. The molecule has 0 saturated heterocycles. The van der Waals surface area contributed by atoms with Crippen molar-refractivity contribution >= 4 is 11.6 Å². The van der Waals surface area contributed by atoms with Gasteiger partial charge in [0.25, 0.3) is 5.91 Å². The number of hydrogen-bond acceptors (Lipinski definition) is 3. The van der Waals surface area contributed by atoms with Crippen molar-refractivity contribution in [1.29, 1.82) is 0 Å². The Hall–Kier alpha value is -3.01. The number of furan rings is 1. The summed E-state index contributed by atoms with van der Waals surface area (Å²) < 4.78 is 11.4. The zero-order chi connectivity index (χ0) is 17.1. The van der Waals surface area contributed by atoms with Gasteiger partial charge < -0.3 is 14.1 Å². The number of aryl methyl sites for hydroxylation is 1. The van der Waals surface area contributed by atoms with Crippen molar-refractivity contribution in [3.8, 4) is 5.75 Å². The molecule has 1 aliphatic heterocycles. The molecule has 0 unspecified atom stereocenters. The Bertz CT molecular complexity index is 870. The number of carbonyl (C=O) groups excluding carboxylic acids is 1. The summed E-state index contributed by atoms with van der Waals surface area (Å²) in [7, 11) is 0. The number of benzene rings is 2. The van der Waals surface area contributed by atoms with Gasteiger partial charge in [-0.1, -0.05) is 36.4 Å². The maximum absolute atomic E-state index is 12.8. The van der Waals surface area contributed by atoms with E-state index in [2.05, 4.69) is 6.07 Å². The highest BCUT2D eigenvalue weighted by molar-refractivity contribution is 6.04. The Kier molecular flexibility index (Phi) is 4.25. The van der Waals surface area contributed by atoms with Crippen LogP contribution in [-0.2, 0) is 13.0 Å². The SMILES string of the molecule is O=C(c1ccc(COc2ccccc2)o1)N1CCCc2ccccc21. The van der Waals surface area contributed by atoms with E-state index in [1.165, 1.54) is 5.56 Å². The highest BCUT2D eigenvalue weighted by Crippen LogP contribution is 2.28. The molecule has 1 aromatic heterocycles. The van der Waals surface area contributed by atoms with E-state index in [4.69, 9.17) is 9.15 Å². The molecule has 0 radical (unpaired) electrons. The molecule has 4 heteroatoms. The van der Waals surface area contributed by atoms with Crippen LogP contribution in [0.1, 0.15) is 28.3 Å². The molecule has 2 aromatic carbocycles. The average Bonchev–Trinajstić information content (AvgIpc) is 3.15. The molecule has 3 aromatic rings. The molecule has 0 atom stereocenters. The number of anilines is 1. The lowest BCUT2D eigenvalue weighted by atomic mass is 10.0. The molecule has 4 rings (SSSR count). The van der Waals surface area contributed by atoms with Crippen LogP contribution in [0.25, 0.3) is 0 Å². The summed E-state index contributed by atoms with van der Waals surface area (Å²) in [6.45, 7) is 1.01. The maximum atomic E-state index is 12.8. The quantitative estimate of drug-likeness (QED) is 0.708. The summed E-state index contributed by atoms with van der Waals surface area (Å²) in [5, 5.41) is 0. The van der Waals surface area contributed by atoms with Gasteiger partial charge in [-0.2, -0.15) is 0 Å². The van der Waals surface area contributed by atoms with Crippen LogP contribution in [0.15, 0.2) is 71.1 Å². The van der Waals surface area contributed by atoms with E-state index in [0.717, 1.165) is 24.3 Å². The minimum Gasteiger partial charge on any atom is -0.486 e. The van der Waals surface area contributed by atoms with Gasteiger partial charge in [0.1, 0.15) is 18.1 Å².